The van der Waals surface area contributed by atoms with Crippen molar-refractivity contribution in [3.05, 3.63) is 99.6 Å². The summed E-state index contributed by atoms with van der Waals surface area (Å²) in [6, 6.07) is 20.9. The summed E-state index contributed by atoms with van der Waals surface area (Å²) in [5.74, 6) is 1.32. The number of hydrogen-bond donors (Lipinski definition) is 0. The van der Waals surface area contributed by atoms with E-state index in [4.69, 9.17) is 9.47 Å². The van der Waals surface area contributed by atoms with Gasteiger partial charge in [-0.2, -0.15) is 0 Å². The maximum absolute atomic E-state index is 13.2. The number of ether oxygens (including phenoxy) is 2. The molecule has 0 aliphatic carbocycles. The molecule has 0 spiro atoms. The fourth-order valence-electron chi connectivity index (χ4n) is 3.28. The topological polar surface area (TPSA) is 81.9 Å². The molecule has 31 heavy (non-hydrogen) atoms. The maximum Gasteiger partial charge on any atom is 0.269 e. The Labute approximate surface area is 181 Å². The average molecular weight is 420 g/mol. The predicted octanol–water partition coefficient (Wildman–Crippen LogP) is 4.50. The van der Waals surface area contributed by atoms with Crippen LogP contribution < -0.4 is 9.47 Å². The number of amides is 1. The van der Waals surface area contributed by atoms with Gasteiger partial charge in [0.1, 0.15) is 11.5 Å². The lowest BCUT2D eigenvalue weighted by molar-refractivity contribution is -0.384. The number of para-hydroxylation sites is 1. The normalized spacial score (nSPS) is 10.4. The standard InChI is InChI=1S/C24H24N2O5/c1-30-22-13-7-18(8-14-22)17-25(16-15-19-5-3-4-6-23(19)31-2)24(27)20-9-11-21(12-10-20)26(28)29/h3-14H,15-17H2,1-2H3. The first-order chi connectivity index (χ1) is 15.0. The van der Waals surface area contributed by atoms with Crippen LogP contribution in [0, 0.1) is 10.1 Å². The monoisotopic (exact) mass is 420 g/mol. The number of nitrogens with zero attached hydrogens (tertiary/aromatic N) is 2. The predicted molar refractivity (Wildman–Crippen MR) is 118 cm³/mol. The zero-order valence-electron chi connectivity index (χ0n) is 17.5. The van der Waals surface area contributed by atoms with Gasteiger partial charge in [0.2, 0.25) is 0 Å². The van der Waals surface area contributed by atoms with E-state index in [-0.39, 0.29) is 11.6 Å². The smallest absolute Gasteiger partial charge is 0.269 e. The minimum absolute atomic E-state index is 0.0488. The number of hydrogen-bond acceptors (Lipinski definition) is 5. The van der Waals surface area contributed by atoms with E-state index in [1.807, 2.05) is 48.5 Å². The molecule has 0 fully saturated rings. The van der Waals surface area contributed by atoms with Crippen LogP contribution in [-0.4, -0.2) is 36.5 Å². The van der Waals surface area contributed by atoms with Crippen molar-refractivity contribution in [1.82, 2.24) is 4.90 Å². The number of non-ortho nitro benzene ring substituents is 1. The van der Waals surface area contributed by atoms with Gasteiger partial charge in [0.05, 0.1) is 19.1 Å². The molecule has 0 atom stereocenters. The third-order valence-electron chi connectivity index (χ3n) is 4.99. The average Bonchev–Trinajstić information content (AvgIpc) is 2.82. The van der Waals surface area contributed by atoms with Crippen LogP contribution in [0.3, 0.4) is 0 Å². The Morgan fingerprint density at radius 2 is 1.61 bits per heavy atom. The highest BCUT2D eigenvalue weighted by atomic mass is 16.6. The Hall–Kier alpha value is -3.87. The van der Waals surface area contributed by atoms with Crippen molar-refractivity contribution in [2.24, 2.45) is 0 Å². The molecular weight excluding hydrogens is 396 g/mol. The van der Waals surface area contributed by atoms with Crippen LogP contribution in [-0.2, 0) is 13.0 Å². The lowest BCUT2D eigenvalue weighted by Gasteiger charge is -2.24. The summed E-state index contributed by atoms with van der Waals surface area (Å²) in [5, 5.41) is 10.9. The third kappa shape index (κ3) is 5.60. The molecule has 0 heterocycles. The quantitative estimate of drug-likeness (QED) is 0.376. The lowest BCUT2D eigenvalue weighted by atomic mass is 10.1. The Morgan fingerprint density at radius 1 is 0.935 bits per heavy atom. The molecule has 0 N–H and O–H groups in total. The molecule has 0 radical (unpaired) electrons. The van der Waals surface area contributed by atoms with Crippen LogP contribution in [0.5, 0.6) is 11.5 Å². The number of carbonyl (C=O) groups excluding carboxylic acids is 1. The van der Waals surface area contributed by atoms with E-state index in [0.29, 0.717) is 25.1 Å². The van der Waals surface area contributed by atoms with E-state index in [1.165, 1.54) is 24.3 Å². The van der Waals surface area contributed by atoms with Gasteiger partial charge in [-0.25, -0.2) is 0 Å². The number of benzene rings is 3. The summed E-state index contributed by atoms with van der Waals surface area (Å²) < 4.78 is 10.6. The SMILES string of the molecule is COc1ccc(CN(CCc2ccccc2OC)C(=O)c2ccc([N+](=O)[O-])cc2)cc1. The highest BCUT2D eigenvalue weighted by Crippen LogP contribution is 2.21. The third-order valence-corrected chi connectivity index (χ3v) is 4.99. The van der Waals surface area contributed by atoms with E-state index in [0.717, 1.165) is 22.6 Å². The number of nitro groups is 1. The molecule has 7 heteroatoms. The van der Waals surface area contributed by atoms with E-state index < -0.39 is 4.92 Å². The van der Waals surface area contributed by atoms with Crippen molar-refractivity contribution >= 4 is 11.6 Å². The number of nitro benzene ring substituents is 1. The molecule has 160 valence electrons. The molecule has 3 rings (SSSR count). The second-order valence-electron chi connectivity index (χ2n) is 6.94. The van der Waals surface area contributed by atoms with Crippen LogP contribution in [0.15, 0.2) is 72.8 Å². The molecule has 0 unspecified atom stereocenters. The van der Waals surface area contributed by atoms with Crippen molar-refractivity contribution in [3.63, 3.8) is 0 Å². The molecule has 3 aromatic carbocycles. The van der Waals surface area contributed by atoms with Gasteiger partial charge in [-0.1, -0.05) is 30.3 Å². The molecule has 3 aromatic rings. The minimum atomic E-state index is -0.481. The summed E-state index contributed by atoms with van der Waals surface area (Å²) >= 11 is 0. The molecule has 0 saturated heterocycles. The Balaban J connectivity index is 1.83. The Morgan fingerprint density at radius 3 is 2.23 bits per heavy atom. The minimum Gasteiger partial charge on any atom is -0.497 e. The number of rotatable bonds is 9. The van der Waals surface area contributed by atoms with Gasteiger partial charge in [0, 0.05) is 30.8 Å². The van der Waals surface area contributed by atoms with Crippen molar-refractivity contribution < 1.29 is 19.2 Å². The zero-order chi connectivity index (χ0) is 22.2. The summed E-state index contributed by atoms with van der Waals surface area (Å²) in [7, 11) is 3.22. The van der Waals surface area contributed by atoms with Crippen molar-refractivity contribution in [3.8, 4) is 11.5 Å². The van der Waals surface area contributed by atoms with Gasteiger partial charge < -0.3 is 14.4 Å². The fourth-order valence-corrected chi connectivity index (χ4v) is 3.28. The van der Waals surface area contributed by atoms with Gasteiger partial charge >= 0.3 is 0 Å². The Kier molecular flexibility index (Phi) is 7.22. The summed E-state index contributed by atoms with van der Waals surface area (Å²) in [6.07, 6.45) is 0.610. The first-order valence-electron chi connectivity index (χ1n) is 9.80. The molecule has 0 aromatic heterocycles. The second-order valence-corrected chi connectivity index (χ2v) is 6.94. The van der Waals surface area contributed by atoms with E-state index in [2.05, 4.69) is 0 Å². The highest BCUT2D eigenvalue weighted by Gasteiger charge is 2.18. The molecule has 0 aliphatic rings. The van der Waals surface area contributed by atoms with Gasteiger partial charge in [-0.05, 0) is 47.9 Å². The molecule has 0 bridgehead atoms. The molecular formula is C24H24N2O5. The van der Waals surface area contributed by atoms with Crippen LogP contribution in [0.4, 0.5) is 5.69 Å². The summed E-state index contributed by atoms with van der Waals surface area (Å²) in [5.41, 5.74) is 2.31. The van der Waals surface area contributed by atoms with Gasteiger partial charge in [-0.15, -0.1) is 0 Å². The lowest BCUT2D eigenvalue weighted by Crippen LogP contribution is -2.32. The van der Waals surface area contributed by atoms with Crippen molar-refractivity contribution in [2.45, 2.75) is 13.0 Å². The van der Waals surface area contributed by atoms with Gasteiger partial charge in [-0.3, -0.25) is 14.9 Å². The molecule has 0 saturated carbocycles. The van der Waals surface area contributed by atoms with Crippen LogP contribution in [0.2, 0.25) is 0 Å². The molecule has 7 nitrogen and oxygen atoms in total. The Bertz CT molecular complexity index is 1030. The first kappa shape index (κ1) is 21.8. The summed E-state index contributed by atoms with van der Waals surface area (Å²) in [6.45, 7) is 0.858. The van der Waals surface area contributed by atoms with Gasteiger partial charge in [0.25, 0.3) is 11.6 Å². The van der Waals surface area contributed by atoms with Gasteiger partial charge in [0.15, 0.2) is 0 Å². The number of methoxy groups -OCH3 is 2. The second kappa shape index (κ2) is 10.2. The van der Waals surface area contributed by atoms with Crippen LogP contribution in [0.1, 0.15) is 21.5 Å². The van der Waals surface area contributed by atoms with E-state index in [1.54, 1.807) is 19.1 Å². The largest absolute Gasteiger partial charge is 0.497 e. The fraction of sp³-hybridized carbons (Fsp3) is 0.208. The van der Waals surface area contributed by atoms with Crippen LogP contribution >= 0.6 is 0 Å². The maximum atomic E-state index is 13.2. The highest BCUT2D eigenvalue weighted by molar-refractivity contribution is 5.94. The summed E-state index contributed by atoms with van der Waals surface area (Å²) in [4.78, 5) is 25.4. The van der Waals surface area contributed by atoms with Crippen molar-refractivity contribution in [1.29, 1.82) is 0 Å². The number of carbonyl (C=O) groups is 1. The van der Waals surface area contributed by atoms with E-state index in [9.17, 15) is 14.9 Å². The molecule has 1 amide bonds. The first-order valence-corrected chi connectivity index (χ1v) is 9.80. The van der Waals surface area contributed by atoms with E-state index >= 15 is 0 Å². The zero-order valence-corrected chi connectivity index (χ0v) is 17.5. The van der Waals surface area contributed by atoms with Crippen LogP contribution in [0.25, 0.3) is 0 Å². The molecule has 0 aliphatic heterocycles. The van der Waals surface area contributed by atoms with Crippen molar-refractivity contribution in [2.75, 3.05) is 20.8 Å².